The van der Waals surface area contributed by atoms with Gasteiger partial charge in [-0.05, 0) is 24.6 Å². The highest BCUT2D eigenvalue weighted by Gasteiger charge is 2.21. The van der Waals surface area contributed by atoms with Crippen molar-refractivity contribution in [3.63, 3.8) is 0 Å². The third kappa shape index (κ3) is 3.23. The summed E-state index contributed by atoms with van der Waals surface area (Å²) in [6.07, 6.45) is 1.39. The average molecular weight is 379 g/mol. The molecule has 9 heteroatoms. The predicted octanol–water partition coefficient (Wildman–Crippen LogP) is 2.94. The highest BCUT2D eigenvalue weighted by molar-refractivity contribution is 7.20. The molecule has 3 aromatic rings. The van der Waals surface area contributed by atoms with Crippen molar-refractivity contribution in [2.75, 3.05) is 19.0 Å². The van der Waals surface area contributed by atoms with E-state index in [1.54, 1.807) is 6.92 Å². The number of fused-ring (bicyclic) bond motifs is 1. The Morgan fingerprint density at radius 2 is 2.04 bits per heavy atom. The van der Waals surface area contributed by atoms with Gasteiger partial charge in [-0.25, -0.2) is 13.8 Å². The fraction of sp³-hybridized carbons (Fsp3) is 0.235. The molecule has 136 valence electrons. The number of aryl methyl sites for hydroxylation is 1. The lowest BCUT2D eigenvalue weighted by Crippen LogP contribution is -2.22. The van der Waals surface area contributed by atoms with Gasteiger partial charge in [0.15, 0.2) is 0 Å². The van der Waals surface area contributed by atoms with Gasteiger partial charge in [0.05, 0.1) is 29.7 Å². The molecule has 2 heterocycles. The van der Waals surface area contributed by atoms with Crippen LogP contribution in [-0.4, -0.2) is 29.2 Å². The van der Waals surface area contributed by atoms with Crippen LogP contribution in [-0.2, 0) is 11.3 Å². The minimum Gasteiger partial charge on any atom is -0.383 e. The van der Waals surface area contributed by atoms with Crippen molar-refractivity contribution in [1.29, 1.82) is 0 Å². The molecule has 0 saturated heterocycles. The maximum atomic E-state index is 13.7. The summed E-state index contributed by atoms with van der Waals surface area (Å²) in [6, 6.07) is 3.30. The summed E-state index contributed by atoms with van der Waals surface area (Å²) in [5.41, 5.74) is -0.403. The minimum absolute atomic E-state index is 0.178. The Labute approximate surface area is 151 Å². The van der Waals surface area contributed by atoms with Gasteiger partial charge in [-0.3, -0.25) is 14.2 Å². The van der Waals surface area contributed by atoms with E-state index in [9.17, 15) is 18.4 Å². The average Bonchev–Trinajstić information content (AvgIpc) is 2.95. The molecule has 0 aliphatic heterocycles. The lowest BCUT2D eigenvalue weighted by molar-refractivity contribution is 0.102. The molecule has 0 unspecified atom stereocenters. The normalized spacial score (nSPS) is 11.1. The van der Waals surface area contributed by atoms with E-state index >= 15 is 0 Å². The van der Waals surface area contributed by atoms with E-state index < -0.39 is 23.2 Å². The highest BCUT2D eigenvalue weighted by atomic mass is 32.1. The Kier molecular flexibility index (Phi) is 5.10. The molecule has 1 aromatic carbocycles. The molecular formula is C17H15F2N3O3S. The van der Waals surface area contributed by atoms with Gasteiger partial charge in [0, 0.05) is 7.11 Å². The van der Waals surface area contributed by atoms with Crippen LogP contribution in [0.5, 0.6) is 0 Å². The van der Waals surface area contributed by atoms with Crippen molar-refractivity contribution >= 4 is 33.1 Å². The van der Waals surface area contributed by atoms with E-state index in [2.05, 4.69) is 10.3 Å². The van der Waals surface area contributed by atoms with E-state index in [0.717, 1.165) is 23.5 Å². The Balaban J connectivity index is 2.00. The van der Waals surface area contributed by atoms with Gasteiger partial charge in [0.25, 0.3) is 11.5 Å². The lowest BCUT2D eigenvalue weighted by Gasteiger charge is -2.06. The molecule has 3 rings (SSSR count). The third-order valence-electron chi connectivity index (χ3n) is 3.86. The monoisotopic (exact) mass is 379 g/mol. The number of methoxy groups -OCH3 is 1. The lowest BCUT2D eigenvalue weighted by atomic mass is 10.2. The predicted molar refractivity (Wildman–Crippen MR) is 94.8 cm³/mol. The van der Waals surface area contributed by atoms with E-state index in [0.29, 0.717) is 28.9 Å². The van der Waals surface area contributed by atoms with Crippen molar-refractivity contribution in [3.8, 4) is 0 Å². The Hall–Kier alpha value is -2.65. The van der Waals surface area contributed by atoms with Crippen molar-refractivity contribution < 1.29 is 18.3 Å². The minimum atomic E-state index is -0.878. The summed E-state index contributed by atoms with van der Waals surface area (Å²) in [7, 11) is 1.52. The Bertz CT molecular complexity index is 1030. The molecule has 1 amide bonds. The molecule has 6 nitrogen and oxygen atoms in total. The molecule has 0 spiro atoms. The smallest absolute Gasteiger partial charge is 0.266 e. The highest BCUT2D eigenvalue weighted by Crippen LogP contribution is 2.28. The van der Waals surface area contributed by atoms with E-state index in [1.165, 1.54) is 24.1 Å². The quantitative estimate of drug-likeness (QED) is 0.740. The third-order valence-corrected chi connectivity index (χ3v) is 5.06. The number of halogens is 2. The van der Waals surface area contributed by atoms with Crippen LogP contribution in [0.15, 0.2) is 29.3 Å². The SMILES string of the molecule is COCCn1cnc2sc(C(=O)Nc3c(F)cccc3F)c(C)c2c1=O. The number of anilines is 1. The van der Waals surface area contributed by atoms with Crippen LogP contribution in [0.3, 0.4) is 0 Å². The molecule has 26 heavy (non-hydrogen) atoms. The molecular weight excluding hydrogens is 364 g/mol. The Morgan fingerprint density at radius 1 is 1.35 bits per heavy atom. The van der Waals surface area contributed by atoms with Crippen LogP contribution in [0.25, 0.3) is 10.2 Å². The zero-order chi connectivity index (χ0) is 18.8. The van der Waals surface area contributed by atoms with Gasteiger partial charge in [-0.2, -0.15) is 0 Å². The molecule has 1 N–H and O–H groups in total. The van der Waals surface area contributed by atoms with Gasteiger partial charge in [-0.15, -0.1) is 11.3 Å². The molecule has 0 saturated carbocycles. The Morgan fingerprint density at radius 3 is 2.69 bits per heavy atom. The van der Waals surface area contributed by atoms with Crippen LogP contribution in [0.1, 0.15) is 15.2 Å². The fourth-order valence-electron chi connectivity index (χ4n) is 2.51. The number of carbonyl (C=O) groups is 1. The number of para-hydroxylation sites is 1. The second kappa shape index (κ2) is 7.30. The second-order valence-corrected chi connectivity index (χ2v) is 6.52. The zero-order valence-corrected chi connectivity index (χ0v) is 14.8. The molecule has 0 bridgehead atoms. The molecule has 0 fully saturated rings. The molecule has 0 aliphatic rings. The van der Waals surface area contributed by atoms with Crippen molar-refractivity contribution in [2.24, 2.45) is 0 Å². The van der Waals surface area contributed by atoms with E-state index in [4.69, 9.17) is 4.74 Å². The summed E-state index contributed by atoms with van der Waals surface area (Å²) >= 11 is 0.997. The topological polar surface area (TPSA) is 73.2 Å². The zero-order valence-electron chi connectivity index (χ0n) is 14.0. The largest absolute Gasteiger partial charge is 0.383 e. The van der Waals surface area contributed by atoms with Crippen LogP contribution < -0.4 is 10.9 Å². The van der Waals surface area contributed by atoms with Gasteiger partial charge in [0.1, 0.15) is 22.2 Å². The first-order chi connectivity index (χ1) is 12.4. The summed E-state index contributed by atoms with van der Waals surface area (Å²) in [5, 5.41) is 2.54. The number of thiophene rings is 1. The summed E-state index contributed by atoms with van der Waals surface area (Å²) in [5.74, 6) is -2.45. The fourth-order valence-corrected chi connectivity index (χ4v) is 3.55. The van der Waals surface area contributed by atoms with Crippen LogP contribution in [0.4, 0.5) is 14.5 Å². The standard InChI is InChI=1S/C17H15F2N3O3S/c1-9-12-16(20-8-22(17(12)24)6-7-25-2)26-14(9)15(23)21-13-10(18)4-3-5-11(13)19/h3-5,8H,6-7H2,1-2H3,(H,21,23). The van der Waals surface area contributed by atoms with E-state index in [-0.39, 0.29) is 10.4 Å². The first-order valence-corrected chi connectivity index (χ1v) is 8.48. The van der Waals surface area contributed by atoms with Gasteiger partial charge < -0.3 is 10.1 Å². The van der Waals surface area contributed by atoms with Gasteiger partial charge in [-0.1, -0.05) is 6.07 Å². The molecule has 0 atom stereocenters. The number of carbonyl (C=O) groups excluding carboxylic acids is 1. The number of hydrogen-bond acceptors (Lipinski definition) is 5. The van der Waals surface area contributed by atoms with Crippen LogP contribution in [0.2, 0.25) is 0 Å². The van der Waals surface area contributed by atoms with Crippen LogP contribution in [0, 0.1) is 18.6 Å². The number of ether oxygens (including phenoxy) is 1. The summed E-state index contributed by atoms with van der Waals surface area (Å²) in [4.78, 5) is 29.8. The summed E-state index contributed by atoms with van der Waals surface area (Å²) < 4.78 is 33.8. The number of rotatable bonds is 5. The summed E-state index contributed by atoms with van der Waals surface area (Å²) in [6.45, 7) is 2.28. The molecule has 0 radical (unpaired) electrons. The van der Waals surface area contributed by atoms with Gasteiger partial charge >= 0.3 is 0 Å². The first-order valence-electron chi connectivity index (χ1n) is 7.67. The van der Waals surface area contributed by atoms with Crippen molar-refractivity contribution in [2.45, 2.75) is 13.5 Å². The number of nitrogens with zero attached hydrogens (tertiary/aromatic N) is 2. The van der Waals surface area contributed by atoms with E-state index in [1.807, 2.05) is 0 Å². The maximum Gasteiger partial charge on any atom is 0.266 e. The number of amides is 1. The molecule has 2 aromatic heterocycles. The second-order valence-electron chi connectivity index (χ2n) is 5.52. The first kappa shape index (κ1) is 18.2. The number of nitrogens with one attached hydrogen (secondary N) is 1. The number of benzene rings is 1. The van der Waals surface area contributed by atoms with Crippen LogP contribution >= 0.6 is 11.3 Å². The van der Waals surface area contributed by atoms with Crippen molar-refractivity contribution in [3.05, 3.63) is 57.0 Å². The molecule has 0 aliphatic carbocycles. The van der Waals surface area contributed by atoms with Crippen molar-refractivity contribution in [1.82, 2.24) is 9.55 Å². The van der Waals surface area contributed by atoms with Gasteiger partial charge in [0.2, 0.25) is 0 Å². The maximum absolute atomic E-state index is 13.7. The number of hydrogen-bond donors (Lipinski definition) is 1. The number of aromatic nitrogens is 2.